The van der Waals surface area contributed by atoms with Crippen LogP contribution in [0.2, 0.25) is 0 Å². The number of benzene rings is 1. The van der Waals surface area contributed by atoms with Gasteiger partial charge in [0.05, 0.1) is 11.1 Å². The van der Waals surface area contributed by atoms with Crippen molar-refractivity contribution in [3.8, 4) is 0 Å². The fourth-order valence-electron chi connectivity index (χ4n) is 6.41. The van der Waals surface area contributed by atoms with Gasteiger partial charge in [-0.1, -0.05) is 52.3 Å². The Balaban J connectivity index is 1.60. The fourth-order valence-corrected chi connectivity index (χ4v) is 6.41. The number of aromatic nitrogens is 1. The third-order valence-corrected chi connectivity index (χ3v) is 8.98. The molecule has 1 aliphatic heterocycles. The molecule has 2 aromatic rings. The van der Waals surface area contributed by atoms with E-state index in [4.69, 9.17) is 0 Å². The molecule has 0 bridgehead atoms. The predicted octanol–water partition coefficient (Wildman–Crippen LogP) is 3.63. The van der Waals surface area contributed by atoms with Crippen LogP contribution in [0.5, 0.6) is 0 Å². The Labute approximate surface area is 262 Å². The van der Waals surface area contributed by atoms with Crippen LogP contribution >= 0.6 is 0 Å². The lowest BCUT2D eigenvalue weighted by Crippen LogP contribution is -2.60. The summed E-state index contributed by atoms with van der Waals surface area (Å²) in [7, 11) is 0. The summed E-state index contributed by atoms with van der Waals surface area (Å²) >= 11 is 0. The lowest BCUT2D eigenvalue weighted by molar-refractivity contribution is -0.145. The van der Waals surface area contributed by atoms with Crippen molar-refractivity contribution in [1.82, 2.24) is 25.8 Å². The molecule has 244 valence electrons. The number of fused-ring (bicyclic) bond motifs is 2. The van der Waals surface area contributed by atoms with Crippen molar-refractivity contribution >= 4 is 40.3 Å². The number of alkyl halides is 2. The number of Topliss-reactive ketones (excluding diaryl/α,β-unsaturated/α-hetero) is 1. The third kappa shape index (κ3) is 7.65. The van der Waals surface area contributed by atoms with E-state index in [1.807, 2.05) is 6.07 Å². The van der Waals surface area contributed by atoms with Gasteiger partial charge in [-0.3, -0.25) is 29.0 Å². The van der Waals surface area contributed by atoms with Gasteiger partial charge >= 0.3 is 0 Å². The van der Waals surface area contributed by atoms with Crippen molar-refractivity contribution in [2.45, 2.75) is 97.3 Å². The van der Waals surface area contributed by atoms with E-state index >= 15 is 0 Å². The second-order valence-electron chi connectivity index (χ2n) is 13.3. The maximum absolute atomic E-state index is 14.3. The molecule has 0 radical (unpaired) electrons. The van der Waals surface area contributed by atoms with Gasteiger partial charge in [0.25, 0.3) is 11.8 Å². The zero-order valence-electron chi connectivity index (χ0n) is 26.4. The van der Waals surface area contributed by atoms with Gasteiger partial charge in [-0.05, 0) is 55.6 Å². The number of nitrogens with one attached hydrogen (secondary N) is 3. The molecule has 2 aliphatic rings. The fraction of sp³-hybridized carbons (Fsp3) is 0.576. The molecule has 4 rings (SSSR count). The van der Waals surface area contributed by atoms with Gasteiger partial charge in [0.15, 0.2) is 0 Å². The number of carbonyl (C=O) groups is 5. The number of nitrogens with zero attached hydrogens (tertiary/aromatic N) is 2. The van der Waals surface area contributed by atoms with E-state index in [1.165, 1.54) is 11.1 Å². The molecule has 10 nitrogen and oxygen atoms in total. The molecule has 2 fully saturated rings. The average molecular weight is 628 g/mol. The van der Waals surface area contributed by atoms with E-state index in [1.54, 1.807) is 58.9 Å². The number of hydrogen-bond donors (Lipinski definition) is 3. The summed E-state index contributed by atoms with van der Waals surface area (Å²) in [5, 5.41) is 8.40. The number of amides is 4. The Morgan fingerprint density at radius 2 is 1.73 bits per heavy atom. The molecule has 45 heavy (non-hydrogen) atoms. The Kier molecular flexibility index (Phi) is 10.5. The summed E-state index contributed by atoms with van der Waals surface area (Å²) in [6.07, 6.45) is 0.319. The Morgan fingerprint density at radius 3 is 2.40 bits per heavy atom. The number of rotatable bonds is 11. The van der Waals surface area contributed by atoms with E-state index < -0.39 is 65.8 Å². The van der Waals surface area contributed by atoms with E-state index in [9.17, 15) is 32.8 Å². The Bertz CT molecular complexity index is 1440. The number of halogens is 2. The quantitative estimate of drug-likeness (QED) is 0.326. The lowest BCUT2D eigenvalue weighted by atomic mass is 9.85. The van der Waals surface area contributed by atoms with Crippen LogP contribution in [0.4, 0.5) is 8.78 Å². The molecule has 6 atom stereocenters. The topological polar surface area (TPSA) is 138 Å². The normalized spacial score (nSPS) is 21.6. The van der Waals surface area contributed by atoms with Crippen LogP contribution in [-0.4, -0.2) is 76.4 Å². The number of carbonyl (C=O) groups excluding carboxylic acids is 5. The highest BCUT2D eigenvalue weighted by Crippen LogP contribution is 2.43. The third-order valence-electron chi connectivity index (χ3n) is 8.98. The smallest absolute Gasteiger partial charge is 0.289 e. The number of likely N-dealkylation sites (tertiary alicyclic amines) is 1. The van der Waals surface area contributed by atoms with Gasteiger partial charge in [0, 0.05) is 30.6 Å². The molecule has 4 amide bonds. The second kappa shape index (κ2) is 14.0. The van der Waals surface area contributed by atoms with E-state index in [0.29, 0.717) is 29.3 Å². The highest BCUT2D eigenvalue weighted by Gasteiger charge is 2.52. The Hall–Kier alpha value is -3.96. The van der Waals surface area contributed by atoms with Crippen LogP contribution in [0.15, 0.2) is 36.5 Å². The first-order valence-corrected chi connectivity index (χ1v) is 15.6. The van der Waals surface area contributed by atoms with Crippen molar-refractivity contribution in [3.63, 3.8) is 0 Å². The van der Waals surface area contributed by atoms with E-state index in [-0.39, 0.29) is 24.4 Å². The number of para-hydroxylation sites is 1. The van der Waals surface area contributed by atoms with Gasteiger partial charge in [-0.15, -0.1) is 0 Å². The molecule has 2 heterocycles. The zero-order chi connectivity index (χ0) is 33.1. The number of ketones is 1. The molecule has 0 spiro atoms. The summed E-state index contributed by atoms with van der Waals surface area (Å²) in [6.45, 7) is 9.14. The molecule has 12 heteroatoms. The highest BCUT2D eigenvalue weighted by atomic mass is 19.3. The van der Waals surface area contributed by atoms with Crippen molar-refractivity contribution in [1.29, 1.82) is 0 Å². The molecule has 1 aliphatic carbocycles. The summed E-state index contributed by atoms with van der Waals surface area (Å²) in [4.78, 5) is 72.9. The Morgan fingerprint density at radius 1 is 1.02 bits per heavy atom. The summed E-state index contributed by atoms with van der Waals surface area (Å²) in [5.41, 5.74) is 0.203. The van der Waals surface area contributed by atoms with Gasteiger partial charge in [-0.2, -0.15) is 0 Å². The summed E-state index contributed by atoms with van der Waals surface area (Å²) < 4.78 is 27.1. The van der Waals surface area contributed by atoms with Crippen molar-refractivity contribution in [2.75, 3.05) is 6.54 Å². The number of hydrogen-bond acceptors (Lipinski definition) is 6. The highest BCUT2D eigenvalue weighted by molar-refractivity contribution is 6.38. The van der Waals surface area contributed by atoms with Crippen LogP contribution in [0, 0.1) is 17.3 Å². The minimum Gasteiger partial charge on any atom is -0.347 e. The first-order chi connectivity index (χ1) is 21.2. The van der Waals surface area contributed by atoms with E-state index in [0.717, 1.165) is 12.8 Å². The minimum atomic E-state index is -2.96. The molecule has 1 aromatic carbocycles. The monoisotopic (exact) mass is 627 g/mol. The van der Waals surface area contributed by atoms with Crippen molar-refractivity contribution < 1.29 is 32.8 Å². The average Bonchev–Trinajstić information content (AvgIpc) is 3.59. The minimum absolute atomic E-state index is 0.00288. The van der Waals surface area contributed by atoms with Crippen molar-refractivity contribution in [2.24, 2.45) is 17.3 Å². The molecular formula is C33H43F2N5O5. The van der Waals surface area contributed by atoms with Crippen molar-refractivity contribution in [3.05, 3.63) is 42.1 Å². The molecule has 3 N–H and O–H groups in total. The molecule has 1 unspecified atom stereocenters. The summed E-state index contributed by atoms with van der Waals surface area (Å²) in [6, 6.07) is 4.54. The van der Waals surface area contributed by atoms with Gasteiger partial charge in [0.2, 0.25) is 24.0 Å². The molecule has 1 aromatic heterocycles. The van der Waals surface area contributed by atoms with Crippen LogP contribution in [-0.2, 0) is 19.2 Å². The van der Waals surface area contributed by atoms with E-state index in [2.05, 4.69) is 20.9 Å². The maximum atomic E-state index is 14.3. The lowest BCUT2D eigenvalue weighted by Gasteiger charge is -2.36. The number of pyridine rings is 1. The van der Waals surface area contributed by atoms with Crippen LogP contribution in [0.25, 0.3) is 10.9 Å². The molecular weight excluding hydrogens is 584 g/mol. The van der Waals surface area contributed by atoms with Crippen LogP contribution in [0.1, 0.15) is 77.1 Å². The SMILES string of the molecule is CC[C@@H](C)NC(=O)C(=O)C(CC(F)F)NC(=O)[C@@H]1[C@H]2CCC[C@H]2CN1C(=O)[C@H](NC(=O)c1ccnc2ccccc12)C(C)(C)C. The first kappa shape index (κ1) is 33.9. The van der Waals surface area contributed by atoms with Crippen LogP contribution in [0.3, 0.4) is 0 Å². The molecule has 1 saturated carbocycles. The van der Waals surface area contributed by atoms with Gasteiger partial charge in [-0.25, -0.2) is 8.78 Å². The zero-order valence-corrected chi connectivity index (χ0v) is 26.4. The van der Waals surface area contributed by atoms with Gasteiger partial charge in [0.1, 0.15) is 18.1 Å². The first-order valence-electron chi connectivity index (χ1n) is 15.6. The molecule has 1 saturated heterocycles. The summed E-state index contributed by atoms with van der Waals surface area (Å²) in [5.74, 6) is -4.16. The predicted molar refractivity (Wildman–Crippen MR) is 164 cm³/mol. The largest absolute Gasteiger partial charge is 0.347 e. The second-order valence-corrected chi connectivity index (χ2v) is 13.3. The van der Waals surface area contributed by atoms with Gasteiger partial charge < -0.3 is 20.9 Å². The standard InChI is InChI=1S/C33H43F2N5O5/c1-6-18(2)37-31(44)27(41)24(16-25(34)35)38-30(43)26-20-12-9-10-19(20)17-40(26)32(45)28(33(3,4)5)39-29(42)22-14-15-36-23-13-8-7-11-21(22)23/h7-8,11,13-15,18-20,24-26,28H,6,9-10,12,16-17H2,1-5H3,(H,37,44)(H,38,43)(H,39,42)/t18-,19+,20+,24?,26+,28+/m1/s1. The maximum Gasteiger partial charge on any atom is 0.289 e. The van der Waals surface area contributed by atoms with Crippen LogP contribution < -0.4 is 16.0 Å².